The van der Waals surface area contributed by atoms with Gasteiger partial charge in [0.25, 0.3) is 0 Å². The van der Waals surface area contributed by atoms with E-state index in [2.05, 4.69) is 235 Å². The first-order valence-corrected chi connectivity index (χ1v) is 22.1. The molecule has 0 N–H and O–H groups in total. The molecule has 2 heteroatoms. The summed E-state index contributed by atoms with van der Waals surface area (Å²) in [5.74, 6) is 0. The monoisotopic (exact) mass is 824 g/mol. The SMILES string of the molecule is N#Cc1ccc2c(c1)c1cc(-c3ccc(-c4ccc5c(-c6ccc(-c7ccccc7)cc6)c6ccccc6c(-c6ccc(-c7ccccc7)cc6)c5c4)cc3)ccc1n2-c1ccccc1. The number of para-hydroxylation sites is 1. The van der Waals surface area contributed by atoms with E-state index in [-0.39, 0.29) is 0 Å². The zero-order chi connectivity index (χ0) is 43.3. The van der Waals surface area contributed by atoms with Crippen LogP contribution in [0, 0.1) is 11.3 Å². The number of nitrogens with zero attached hydrogens (tertiary/aromatic N) is 2. The molecular weight excluding hydrogens is 785 g/mol. The molecule has 0 atom stereocenters. The largest absolute Gasteiger partial charge is 0.309 e. The van der Waals surface area contributed by atoms with Crippen LogP contribution < -0.4 is 0 Å². The Kier molecular flexibility index (Phi) is 9.25. The van der Waals surface area contributed by atoms with Crippen molar-refractivity contribution in [2.75, 3.05) is 0 Å². The van der Waals surface area contributed by atoms with E-state index in [1.807, 2.05) is 18.2 Å². The van der Waals surface area contributed by atoms with Crippen LogP contribution in [-0.2, 0) is 0 Å². The molecule has 12 rings (SSSR count). The summed E-state index contributed by atoms with van der Waals surface area (Å²) >= 11 is 0. The lowest BCUT2D eigenvalue weighted by Crippen LogP contribution is -1.93. The Hall–Kier alpha value is -8.77. The Bertz CT molecular complexity index is 3770. The zero-order valence-electron chi connectivity index (χ0n) is 35.5. The van der Waals surface area contributed by atoms with Gasteiger partial charge in [0.05, 0.1) is 22.7 Å². The van der Waals surface area contributed by atoms with Gasteiger partial charge in [-0.15, -0.1) is 0 Å². The van der Waals surface area contributed by atoms with E-state index >= 15 is 0 Å². The highest BCUT2D eigenvalue weighted by Gasteiger charge is 2.19. The molecule has 302 valence electrons. The minimum atomic E-state index is 0.656. The maximum Gasteiger partial charge on any atom is 0.0991 e. The Morgan fingerprint density at radius 3 is 1.14 bits per heavy atom. The summed E-state index contributed by atoms with van der Waals surface area (Å²) in [6.07, 6.45) is 0. The van der Waals surface area contributed by atoms with E-state index in [1.165, 1.54) is 66.1 Å². The molecule has 11 aromatic carbocycles. The molecule has 1 heterocycles. The van der Waals surface area contributed by atoms with Gasteiger partial charge in [-0.1, -0.05) is 194 Å². The molecule has 0 bridgehead atoms. The number of rotatable bonds is 7. The highest BCUT2D eigenvalue weighted by Crippen LogP contribution is 2.46. The summed E-state index contributed by atoms with van der Waals surface area (Å²) in [5.41, 5.74) is 18.2. The molecule has 0 aliphatic heterocycles. The van der Waals surface area contributed by atoms with Gasteiger partial charge in [-0.05, 0) is 137 Å². The highest BCUT2D eigenvalue weighted by atomic mass is 15.0. The van der Waals surface area contributed by atoms with Crippen molar-refractivity contribution < 1.29 is 0 Å². The van der Waals surface area contributed by atoms with Gasteiger partial charge in [-0.25, -0.2) is 0 Å². The van der Waals surface area contributed by atoms with Gasteiger partial charge in [0.2, 0.25) is 0 Å². The smallest absolute Gasteiger partial charge is 0.0991 e. The first-order chi connectivity index (χ1) is 32.2. The van der Waals surface area contributed by atoms with Crippen LogP contribution in [0.5, 0.6) is 0 Å². The molecule has 1 aromatic heterocycles. The number of hydrogen-bond acceptors (Lipinski definition) is 1. The van der Waals surface area contributed by atoms with Crippen molar-refractivity contribution in [3.05, 3.63) is 248 Å². The summed E-state index contributed by atoms with van der Waals surface area (Å²) in [5, 5.41) is 16.9. The highest BCUT2D eigenvalue weighted by molar-refractivity contribution is 6.22. The average molecular weight is 825 g/mol. The first-order valence-electron chi connectivity index (χ1n) is 22.1. The van der Waals surface area contributed by atoms with E-state index in [0.29, 0.717) is 5.56 Å². The predicted molar refractivity (Wildman–Crippen MR) is 273 cm³/mol. The molecule has 0 amide bonds. The van der Waals surface area contributed by atoms with Crippen LogP contribution in [0.2, 0.25) is 0 Å². The van der Waals surface area contributed by atoms with Crippen LogP contribution in [0.3, 0.4) is 0 Å². The summed E-state index contributed by atoms with van der Waals surface area (Å²) < 4.78 is 2.29. The summed E-state index contributed by atoms with van der Waals surface area (Å²) in [4.78, 5) is 0. The van der Waals surface area contributed by atoms with Crippen LogP contribution in [-0.4, -0.2) is 4.57 Å². The second-order valence-electron chi connectivity index (χ2n) is 16.8. The molecule has 0 saturated carbocycles. The van der Waals surface area contributed by atoms with E-state index in [1.54, 1.807) is 0 Å². The molecule has 0 radical (unpaired) electrons. The molecule has 0 saturated heterocycles. The topological polar surface area (TPSA) is 28.7 Å². The third-order valence-electron chi connectivity index (χ3n) is 13.0. The van der Waals surface area contributed by atoms with Gasteiger partial charge in [0, 0.05) is 16.5 Å². The van der Waals surface area contributed by atoms with Crippen molar-refractivity contribution in [1.82, 2.24) is 4.57 Å². The molecule has 2 nitrogen and oxygen atoms in total. The molecule has 0 aliphatic carbocycles. The van der Waals surface area contributed by atoms with Crippen molar-refractivity contribution in [1.29, 1.82) is 5.26 Å². The summed E-state index contributed by atoms with van der Waals surface area (Å²) in [6.45, 7) is 0. The number of aromatic nitrogens is 1. The normalized spacial score (nSPS) is 11.4. The number of benzene rings is 11. The van der Waals surface area contributed by atoms with Crippen molar-refractivity contribution in [3.63, 3.8) is 0 Å². The molecule has 0 fully saturated rings. The maximum atomic E-state index is 9.83. The quantitative estimate of drug-likeness (QED) is 0.147. The molecule has 0 unspecified atom stereocenters. The Morgan fingerprint density at radius 1 is 0.262 bits per heavy atom. The lowest BCUT2D eigenvalue weighted by Gasteiger charge is -2.19. The van der Waals surface area contributed by atoms with Gasteiger partial charge in [-0.2, -0.15) is 5.26 Å². The second kappa shape index (κ2) is 15.9. The molecule has 65 heavy (non-hydrogen) atoms. The second-order valence-corrected chi connectivity index (χ2v) is 16.8. The number of fused-ring (bicyclic) bond motifs is 5. The van der Waals surface area contributed by atoms with Crippen LogP contribution in [0.4, 0.5) is 0 Å². The fourth-order valence-electron chi connectivity index (χ4n) is 9.88. The Balaban J connectivity index is 0.993. The van der Waals surface area contributed by atoms with Crippen LogP contribution in [0.1, 0.15) is 5.56 Å². The van der Waals surface area contributed by atoms with Gasteiger partial charge in [0.1, 0.15) is 0 Å². The van der Waals surface area contributed by atoms with E-state index in [4.69, 9.17) is 0 Å². The standard InChI is InChI=1S/C63H40N2/c64-41-42-20-36-60-57(38-42)58-39-52(34-37-61(58)65(60)53-16-8-3-9-17-53)48-23-21-47(22-24-48)51-33-35-56-59(40-51)63(50-31-27-46(28-32-50)44-14-6-2-7-15-44)55-19-11-10-18-54(55)62(56)49-29-25-45(26-30-49)43-12-4-1-5-13-43/h1-40H. The average Bonchev–Trinajstić information content (AvgIpc) is 3.71. The first kappa shape index (κ1) is 37.9. The number of nitriles is 1. The lowest BCUT2D eigenvalue weighted by atomic mass is 9.84. The third kappa shape index (κ3) is 6.67. The fourth-order valence-corrected chi connectivity index (χ4v) is 9.88. The van der Waals surface area contributed by atoms with Gasteiger partial charge >= 0.3 is 0 Å². The van der Waals surface area contributed by atoms with Crippen LogP contribution >= 0.6 is 0 Å². The van der Waals surface area contributed by atoms with Gasteiger partial charge < -0.3 is 4.57 Å². The van der Waals surface area contributed by atoms with E-state index in [0.717, 1.165) is 49.7 Å². The molecule has 0 aliphatic rings. The van der Waals surface area contributed by atoms with Crippen molar-refractivity contribution in [3.8, 4) is 78.5 Å². The fraction of sp³-hybridized carbons (Fsp3) is 0. The molecule has 12 aromatic rings. The summed E-state index contributed by atoms with van der Waals surface area (Å²) in [6, 6.07) is 89.7. The zero-order valence-corrected chi connectivity index (χ0v) is 35.5. The van der Waals surface area contributed by atoms with Crippen molar-refractivity contribution in [2.45, 2.75) is 0 Å². The minimum Gasteiger partial charge on any atom is -0.309 e. The molecule has 0 spiro atoms. The Labute approximate surface area is 378 Å². The third-order valence-corrected chi connectivity index (χ3v) is 13.0. The number of hydrogen-bond donors (Lipinski definition) is 0. The van der Waals surface area contributed by atoms with Crippen LogP contribution in [0.25, 0.3) is 116 Å². The predicted octanol–water partition coefficient (Wildman–Crippen LogP) is 17.0. The van der Waals surface area contributed by atoms with Gasteiger partial charge in [-0.3, -0.25) is 0 Å². The van der Waals surface area contributed by atoms with E-state index in [9.17, 15) is 5.26 Å². The maximum absolute atomic E-state index is 9.83. The van der Waals surface area contributed by atoms with Crippen molar-refractivity contribution >= 4 is 43.4 Å². The Morgan fingerprint density at radius 2 is 0.615 bits per heavy atom. The van der Waals surface area contributed by atoms with Crippen LogP contribution in [0.15, 0.2) is 243 Å². The minimum absolute atomic E-state index is 0.656. The summed E-state index contributed by atoms with van der Waals surface area (Å²) in [7, 11) is 0. The molecular formula is C63H40N2. The lowest BCUT2D eigenvalue weighted by molar-refractivity contribution is 1.18. The van der Waals surface area contributed by atoms with E-state index < -0.39 is 0 Å². The van der Waals surface area contributed by atoms with Gasteiger partial charge in [0.15, 0.2) is 0 Å². The van der Waals surface area contributed by atoms with Crippen molar-refractivity contribution in [2.24, 2.45) is 0 Å².